The number of hydrogen-bond donors (Lipinski definition) is 2. The highest BCUT2D eigenvalue weighted by Crippen LogP contribution is 2.28. The summed E-state index contributed by atoms with van der Waals surface area (Å²) in [5.41, 5.74) is 1.35. The van der Waals surface area contributed by atoms with Crippen LogP contribution in [0.4, 0.5) is 18.9 Å². The Balaban J connectivity index is 1.59. The lowest BCUT2D eigenvalue weighted by molar-refractivity contribution is -0.274. The molecule has 0 aliphatic carbocycles. The summed E-state index contributed by atoms with van der Waals surface area (Å²) in [5, 5.41) is 12.3. The summed E-state index contributed by atoms with van der Waals surface area (Å²) in [7, 11) is -3.66. The lowest BCUT2D eigenvalue weighted by atomic mass is 10.2. The molecule has 3 aromatic rings. The quantitative estimate of drug-likeness (QED) is 0.343. The van der Waals surface area contributed by atoms with Crippen LogP contribution in [0, 0.1) is 0 Å². The first-order chi connectivity index (χ1) is 15.4. The van der Waals surface area contributed by atoms with Crippen LogP contribution in [0.2, 0.25) is 0 Å². The van der Waals surface area contributed by atoms with E-state index in [1.165, 1.54) is 54.2 Å². The fourth-order valence-corrected chi connectivity index (χ4v) is 4.39. The summed E-state index contributed by atoms with van der Waals surface area (Å²) in [6.07, 6.45) is -3.78. The van der Waals surface area contributed by atoms with Gasteiger partial charge in [0.25, 0.3) is 5.91 Å². The van der Waals surface area contributed by atoms with Crippen LogP contribution in [-0.4, -0.2) is 32.0 Å². The SMILES string of the molecule is CS(=O)(=O)c1cc(NC(=O)c2ccc(SCc3ccc(OC(F)(F)F)cc3)cc2)ccc1O. The van der Waals surface area contributed by atoms with Crippen LogP contribution >= 0.6 is 11.8 Å². The Kier molecular flexibility index (Phi) is 7.23. The molecular weight excluding hydrogens is 479 g/mol. The number of alkyl halides is 3. The average Bonchev–Trinajstić information content (AvgIpc) is 2.73. The number of carbonyl (C=O) groups excluding carboxylic acids is 1. The Morgan fingerprint density at radius 2 is 1.67 bits per heavy atom. The molecule has 0 atom stereocenters. The molecule has 0 spiro atoms. The van der Waals surface area contributed by atoms with Gasteiger partial charge in [-0.15, -0.1) is 24.9 Å². The maximum Gasteiger partial charge on any atom is 0.573 e. The van der Waals surface area contributed by atoms with Gasteiger partial charge in [0.05, 0.1) is 0 Å². The van der Waals surface area contributed by atoms with E-state index < -0.39 is 27.9 Å². The van der Waals surface area contributed by atoms with E-state index in [-0.39, 0.29) is 16.3 Å². The fraction of sp³-hybridized carbons (Fsp3) is 0.136. The van der Waals surface area contributed by atoms with Crippen LogP contribution in [0.3, 0.4) is 0 Å². The van der Waals surface area contributed by atoms with Gasteiger partial charge in [-0.25, -0.2) is 8.42 Å². The van der Waals surface area contributed by atoms with Gasteiger partial charge in [0.2, 0.25) is 0 Å². The van der Waals surface area contributed by atoms with Crippen molar-refractivity contribution in [1.82, 2.24) is 0 Å². The number of anilines is 1. The highest BCUT2D eigenvalue weighted by atomic mass is 32.2. The molecule has 3 aromatic carbocycles. The zero-order valence-electron chi connectivity index (χ0n) is 17.1. The average molecular weight is 498 g/mol. The number of thioether (sulfide) groups is 1. The number of benzene rings is 3. The second-order valence-corrected chi connectivity index (χ2v) is 9.95. The van der Waals surface area contributed by atoms with Crippen molar-refractivity contribution in [3.8, 4) is 11.5 Å². The molecule has 0 aromatic heterocycles. The third kappa shape index (κ3) is 7.16. The second kappa shape index (κ2) is 9.75. The zero-order valence-corrected chi connectivity index (χ0v) is 18.7. The van der Waals surface area contributed by atoms with Crippen molar-refractivity contribution in [3.63, 3.8) is 0 Å². The van der Waals surface area contributed by atoms with Crippen LogP contribution in [0.25, 0.3) is 0 Å². The number of halogens is 3. The first-order valence-electron chi connectivity index (χ1n) is 9.33. The maximum atomic E-state index is 12.5. The molecule has 0 heterocycles. The van der Waals surface area contributed by atoms with E-state index >= 15 is 0 Å². The van der Waals surface area contributed by atoms with Gasteiger partial charge in [-0.2, -0.15) is 0 Å². The molecule has 33 heavy (non-hydrogen) atoms. The van der Waals surface area contributed by atoms with Gasteiger partial charge in [-0.1, -0.05) is 12.1 Å². The Hall–Kier alpha value is -3.18. The number of phenolic OH excluding ortho intramolecular Hbond substituents is 1. The van der Waals surface area contributed by atoms with Gasteiger partial charge >= 0.3 is 6.36 Å². The number of carbonyl (C=O) groups is 1. The molecule has 0 radical (unpaired) electrons. The van der Waals surface area contributed by atoms with E-state index in [1.54, 1.807) is 24.3 Å². The minimum Gasteiger partial charge on any atom is -0.507 e. The van der Waals surface area contributed by atoms with Gasteiger partial charge in [0.15, 0.2) is 9.84 Å². The number of amides is 1. The third-order valence-corrected chi connectivity index (χ3v) is 6.51. The largest absolute Gasteiger partial charge is 0.573 e. The topological polar surface area (TPSA) is 92.7 Å². The minimum absolute atomic E-state index is 0.217. The molecule has 6 nitrogen and oxygen atoms in total. The molecule has 0 bridgehead atoms. The number of nitrogens with one attached hydrogen (secondary N) is 1. The Morgan fingerprint density at radius 1 is 1.03 bits per heavy atom. The lowest BCUT2D eigenvalue weighted by Gasteiger charge is -2.10. The molecule has 0 aliphatic rings. The minimum atomic E-state index is -4.73. The number of rotatable bonds is 7. The van der Waals surface area contributed by atoms with Crippen LogP contribution in [0.15, 0.2) is 76.5 Å². The van der Waals surface area contributed by atoms with Crippen LogP contribution < -0.4 is 10.1 Å². The molecule has 0 saturated carbocycles. The van der Waals surface area contributed by atoms with Gasteiger partial charge in [0, 0.05) is 28.2 Å². The van der Waals surface area contributed by atoms with Crippen molar-refractivity contribution in [2.24, 2.45) is 0 Å². The monoisotopic (exact) mass is 497 g/mol. The van der Waals surface area contributed by atoms with Crippen molar-refractivity contribution >= 4 is 33.2 Å². The molecule has 3 rings (SSSR count). The van der Waals surface area contributed by atoms with Crippen molar-refractivity contribution in [3.05, 3.63) is 77.9 Å². The van der Waals surface area contributed by atoms with Crippen molar-refractivity contribution < 1.29 is 36.2 Å². The van der Waals surface area contributed by atoms with E-state index in [1.807, 2.05) is 0 Å². The van der Waals surface area contributed by atoms with E-state index in [0.717, 1.165) is 16.7 Å². The van der Waals surface area contributed by atoms with Crippen LogP contribution in [-0.2, 0) is 15.6 Å². The number of phenols is 1. The molecule has 11 heteroatoms. The van der Waals surface area contributed by atoms with Crippen molar-refractivity contribution in [2.75, 3.05) is 11.6 Å². The van der Waals surface area contributed by atoms with Gasteiger partial charge in [-0.3, -0.25) is 4.79 Å². The fourth-order valence-electron chi connectivity index (χ4n) is 2.75. The number of ether oxygens (including phenoxy) is 1. The Labute approximate surface area is 192 Å². The molecule has 0 saturated heterocycles. The molecular formula is C22H18F3NO5S2. The molecule has 174 valence electrons. The summed E-state index contributed by atoms with van der Waals surface area (Å²) < 4.78 is 63.9. The molecule has 0 fully saturated rings. The number of hydrogen-bond acceptors (Lipinski definition) is 6. The predicted octanol–water partition coefficient (Wildman–Crippen LogP) is 5.24. The third-order valence-electron chi connectivity index (χ3n) is 4.30. The first kappa shape index (κ1) is 24.5. The van der Waals surface area contributed by atoms with E-state index in [0.29, 0.717) is 11.3 Å². The van der Waals surface area contributed by atoms with Crippen molar-refractivity contribution in [2.45, 2.75) is 21.9 Å². The van der Waals surface area contributed by atoms with Gasteiger partial charge < -0.3 is 15.2 Å². The highest BCUT2D eigenvalue weighted by molar-refractivity contribution is 7.98. The van der Waals surface area contributed by atoms with Gasteiger partial charge in [-0.05, 0) is 60.2 Å². The number of aromatic hydroxyl groups is 1. The molecule has 0 aliphatic heterocycles. The summed E-state index contributed by atoms with van der Waals surface area (Å²) in [5.74, 6) is -0.653. The summed E-state index contributed by atoms with van der Waals surface area (Å²) >= 11 is 1.43. The second-order valence-electron chi connectivity index (χ2n) is 6.91. The first-order valence-corrected chi connectivity index (χ1v) is 12.2. The Morgan fingerprint density at radius 3 is 2.24 bits per heavy atom. The standard InChI is InChI=1S/C22H18F3NO5S2/c1-33(29,30)20-12-16(6-11-19(20)27)26-21(28)15-4-9-18(10-5-15)32-13-14-2-7-17(8-3-14)31-22(23,24)25/h2-12,27H,13H2,1H3,(H,26,28). The van der Waals surface area contributed by atoms with Crippen molar-refractivity contribution in [1.29, 1.82) is 0 Å². The van der Waals surface area contributed by atoms with Gasteiger partial charge in [0.1, 0.15) is 16.4 Å². The summed E-state index contributed by atoms with van der Waals surface area (Å²) in [6, 6.07) is 16.0. The van der Waals surface area contributed by atoms with Crippen LogP contribution in [0.1, 0.15) is 15.9 Å². The molecule has 1 amide bonds. The van der Waals surface area contributed by atoms with E-state index in [4.69, 9.17) is 0 Å². The molecule has 2 N–H and O–H groups in total. The molecule has 0 unspecified atom stereocenters. The van der Waals surface area contributed by atoms with Crippen LogP contribution in [0.5, 0.6) is 11.5 Å². The number of sulfone groups is 1. The van der Waals surface area contributed by atoms with E-state index in [2.05, 4.69) is 10.1 Å². The predicted molar refractivity (Wildman–Crippen MR) is 118 cm³/mol. The lowest BCUT2D eigenvalue weighted by Crippen LogP contribution is -2.16. The van der Waals surface area contributed by atoms with E-state index in [9.17, 15) is 31.5 Å². The maximum absolute atomic E-state index is 12.5. The smallest absolute Gasteiger partial charge is 0.507 e. The summed E-state index contributed by atoms with van der Waals surface area (Å²) in [6.45, 7) is 0. The Bertz CT molecular complexity index is 1240. The highest BCUT2D eigenvalue weighted by Gasteiger charge is 2.30. The summed E-state index contributed by atoms with van der Waals surface area (Å²) in [4.78, 5) is 13.0. The normalized spacial score (nSPS) is 11.8. The zero-order chi connectivity index (χ0) is 24.2.